The molecule has 1 amide bonds. The highest BCUT2D eigenvalue weighted by Gasteiger charge is 2.43. The van der Waals surface area contributed by atoms with Gasteiger partial charge in [-0.15, -0.1) is 0 Å². The van der Waals surface area contributed by atoms with Gasteiger partial charge in [0.15, 0.2) is 5.52 Å². The monoisotopic (exact) mass is 344 g/mol. The van der Waals surface area contributed by atoms with E-state index >= 15 is 0 Å². The van der Waals surface area contributed by atoms with Gasteiger partial charge in [0.2, 0.25) is 5.65 Å². The number of anilines is 1. The normalized spacial score (nSPS) is 16.8. The van der Waals surface area contributed by atoms with Gasteiger partial charge in [0, 0.05) is 44.0 Å². The number of hydrogen-bond donors (Lipinski definition) is 1. The minimum Gasteiger partial charge on any atom is -0.396 e. The zero-order chi connectivity index (χ0) is 17.5. The maximum Gasteiger partial charge on any atom is 0.471 e. The molecule has 130 valence electrons. The van der Waals surface area contributed by atoms with Crippen LogP contribution in [0.3, 0.4) is 0 Å². The Morgan fingerprint density at radius 1 is 1.25 bits per heavy atom. The average Bonchev–Trinajstić information content (AvgIpc) is 2.99. The number of amides is 1. The second kappa shape index (κ2) is 5.89. The van der Waals surface area contributed by atoms with Crippen LogP contribution in [-0.2, 0) is 11.3 Å². The van der Waals surface area contributed by atoms with Crippen molar-refractivity contribution in [2.24, 2.45) is 0 Å². The van der Waals surface area contributed by atoms with Crippen LogP contribution < -0.4 is 5.73 Å². The van der Waals surface area contributed by atoms with E-state index in [2.05, 4.69) is 19.9 Å². The molecular formula is C13H15F3N6O2. The first-order chi connectivity index (χ1) is 11.3. The molecule has 1 fully saturated rings. The Morgan fingerprint density at radius 3 is 2.54 bits per heavy atom. The van der Waals surface area contributed by atoms with E-state index < -0.39 is 12.1 Å². The third-order valence-electron chi connectivity index (χ3n) is 4.05. The second-order valence-corrected chi connectivity index (χ2v) is 5.59. The van der Waals surface area contributed by atoms with Gasteiger partial charge in [-0.1, -0.05) is 0 Å². The summed E-state index contributed by atoms with van der Waals surface area (Å²) in [4.78, 5) is 18.2. The Labute approximate surface area is 134 Å². The quantitative estimate of drug-likeness (QED) is 0.856. The number of carbonyl (C=O) groups excluding carboxylic acids is 1. The predicted molar refractivity (Wildman–Crippen MR) is 76.7 cm³/mol. The molecule has 3 heterocycles. The molecule has 1 aliphatic heterocycles. The molecule has 0 radical (unpaired) electrons. The van der Waals surface area contributed by atoms with Crippen LogP contribution in [0, 0.1) is 6.92 Å². The van der Waals surface area contributed by atoms with E-state index in [1.54, 1.807) is 6.92 Å². The van der Waals surface area contributed by atoms with Crippen LogP contribution in [0.4, 0.5) is 18.9 Å². The molecule has 0 aliphatic carbocycles. The SMILES string of the molecule is Cc1nc2nonc2c(N)c1CN1CCN(C(=O)C(F)(F)F)CC1. The molecule has 24 heavy (non-hydrogen) atoms. The lowest BCUT2D eigenvalue weighted by Gasteiger charge is -2.35. The fourth-order valence-corrected chi connectivity index (χ4v) is 2.70. The number of halogens is 3. The number of aromatic nitrogens is 3. The Balaban J connectivity index is 1.70. The smallest absolute Gasteiger partial charge is 0.396 e. The van der Waals surface area contributed by atoms with Crippen LogP contribution >= 0.6 is 0 Å². The Kier molecular flexibility index (Phi) is 4.03. The summed E-state index contributed by atoms with van der Waals surface area (Å²) < 4.78 is 42.0. The molecule has 2 N–H and O–H groups in total. The van der Waals surface area contributed by atoms with Crippen molar-refractivity contribution in [3.8, 4) is 0 Å². The third-order valence-corrected chi connectivity index (χ3v) is 4.05. The minimum absolute atomic E-state index is 0.0124. The lowest BCUT2D eigenvalue weighted by Crippen LogP contribution is -2.52. The highest BCUT2D eigenvalue weighted by Crippen LogP contribution is 2.25. The fraction of sp³-hybridized carbons (Fsp3) is 0.538. The topological polar surface area (TPSA) is 101 Å². The second-order valence-electron chi connectivity index (χ2n) is 5.59. The highest BCUT2D eigenvalue weighted by molar-refractivity contribution is 5.85. The van der Waals surface area contributed by atoms with Crippen molar-refractivity contribution in [1.29, 1.82) is 0 Å². The number of hydrogen-bond acceptors (Lipinski definition) is 7. The number of carbonyl (C=O) groups is 1. The molecule has 0 atom stereocenters. The van der Waals surface area contributed by atoms with Gasteiger partial charge >= 0.3 is 12.1 Å². The zero-order valence-corrected chi connectivity index (χ0v) is 12.8. The van der Waals surface area contributed by atoms with Crippen molar-refractivity contribution in [2.45, 2.75) is 19.6 Å². The number of piperazine rings is 1. The molecule has 0 unspecified atom stereocenters. The van der Waals surface area contributed by atoms with Crippen molar-refractivity contribution in [3.05, 3.63) is 11.3 Å². The molecule has 0 saturated carbocycles. The van der Waals surface area contributed by atoms with Gasteiger partial charge in [0.05, 0.1) is 5.69 Å². The van der Waals surface area contributed by atoms with Gasteiger partial charge in [-0.3, -0.25) is 9.69 Å². The lowest BCUT2D eigenvalue weighted by molar-refractivity contribution is -0.187. The van der Waals surface area contributed by atoms with Gasteiger partial charge in [-0.2, -0.15) is 13.2 Å². The first-order valence-electron chi connectivity index (χ1n) is 7.23. The van der Waals surface area contributed by atoms with Gasteiger partial charge in [-0.05, 0) is 17.2 Å². The molecule has 1 aliphatic rings. The number of aryl methyl sites for hydroxylation is 1. The fourth-order valence-electron chi connectivity index (χ4n) is 2.70. The summed E-state index contributed by atoms with van der Waals surface area (Å²) in [6, 6.07) is 0. The maximum atomic E-state index is 12.4. The van der Waals surface area contributed by atoms with E-state index in [-0.39, 0.29) is 13.1 Å². The summed E-state index contributed by atoms with van der Waals surface area (Å²) in [6.07, 6.45) is -4.84. The molecule has 8 nitrogen and oxygen atoms in total. The highest BCUT2D eigenvalue weighted by atomic mass is 19.4. The molecular weight excluding hydrogens is 329 g/mol. The number of pyridine rings is 1. The van der Waals surface area contributed by atoms with Gasteiger partial charge in [-0.25, -0.2) is 9.61 Å². The Hall–Kier alpha value is -2.43. The van der Waals surface area contributed by atoms with E-state index in [0.717, 1.165) is 10.5 Å². The molecule has 0 aromatic carbocycles. The van der Waals surface area contributed by atoms with Crippen molar-refractivity contribution in [3.63, 3.8) is 0 Å². The number of nitrogen functional groups attached to an aromatic ring is 1. The number of nitrogens with two attached hydrogens (primary N) is 1. The molecule has 0 spiro atoms. The summed E-state index contributed by atoms with van der Waals surface area (Å²) >= 11 is 0. The summed E-state index contributed by atoms with van der Waals surface area (Å²) in [5.74, 6) is -1.80. The van der Waals surface area contributed by atoms with E-state index in [1.165, 1.54) is 0 Å². The van der Waals surface area contributed by atoms with Crippen molar-refractivity contribution >= 4 is 22.8 Å². The number of nitrogens with zero attached hydrogens (tertiary/aromatic N) is 5. The summed E-state index contributed by atoms with van der Waals surface area (Å²) in [5.41, 5.74) is 8.53. The van der Waals surface area contributed by atoms with E-state index in [9.17, 15) is 18.0 Å². The van der Waals surface area contributed by atoms with Crippen LogP contribution in [0.5, 0.6) is 0 Å². The molecule has 3 rings (SSSR count). The standard InChI is InChI=1S/C13H15F3N6O2/c1-7-8(9(17)10-11(18-7)20-24-19-10)6-21-2-4-22(5-3-21)12(23)13(14,15)16/h2-6,17H2,1H3. The number of fused-ring (bicyclic) bond motifs is 1. The van der Waals surface area contributed by atoms with Crippen LogP contribution in [0.15, 0.2) is 4.63 Å². The predicted octanol–water partition coefficient (Wildman–Crippen LogP) is 0.715. The molecule has 0 bridgehead atoms. The van der Waals surface area contributed by atoms with E-state index in [1.807, 2.05) is 4.90 Å². The molecule has 11 heteroatoms. The summed E-state index contributed by atoms with van der Waals surface area (Å²) in [5, 5.41) is 7.34. The van der Waals surface area contributed by atoms with Crippen LogP contribution in [0.2, 0.25) is 0 Å². The van der Waals surface area contributed by atoms with Crippen LogP contribution in [0.1, 0.15) is 11.3 Å². The molecule has 2 aromatic heterocycles. The zero-order valence-electron chi connectivity index (χ0n) is 12.8. The van der Waals surface area contributed by atoms with Crippen molar-refractivity contribution < 1.29 is 22.6 Å². The lowest BCUT2D eigenvalue weighted by atomic mass is 10.1. The van der Waals surface area contributed by atoms with Gasteiger partial charge in [0.1, 0.15) is 0 Å². The first-order valence-corrected chi connectivity index (χ1v) is 7.23. The summed E-state index contributed by atoms with van der Waals surface area (Å²) in [6.45, 7) is 2.83. The van der Waals surface area contributed by atoms with Crippen molar-refractivity contribution in [2.75, 3.05) is 31.9 Å². The van der Waals surface area contributed by atoms with Gasteiger partial charge < -0.3 is 10.6 Å². The van der Waals surface area contributed by atoms with Crippen LogP contribution in [-0.4, -0.2) is 63.4 Å². The number of rotatable bonds is 2. The van der Waals surface area contributed by atoms with Gasteiger partial charge in [0.25, 0.3) is 0 Å². The minimum atomic E-state index is -4.84. The average molecular weight is 344 g/mol. The Bertz CT molecular complexity index is 767. The van der Waals surface area contributed by atoms with E-state index in [0.29, 0.717) is 42.2 Å². The Morgan fingerprint density at radius 2 is 1.92 bits per heavy atom. The molecule has 2 aromatic rings. The van der Waals surface area contributed by atoms with Crippen molar-refractivity contribution in [1.82, 2.24) is 25.1 Å². The maximum absolute atomic E-state index is 12.4. The first kappa shape index (κ1) is 16.4. The molecule has 1 saturated heterocycles. The largest absolute Gasteiger partial charge is 0.471 e. The third kappa shape index (κ3) is 2.98. The summed E-state index contributed by atoms with van der Waals surface area (Å²) in [7, 11) is 0. The van der Waals surface area contributed by atoms with E-state index in [4.69, 9.17) is 5.73 Å². The van der Waals surface area contributed by atoms with Crippen LogP contribution in [0.25, 0.3) is 11.2 Å². The number of alkyl halides is 3.